The quantitative estimate of drug-likeness (QED) is 0.236. The summed E-state index contributed by atoms with van der Waals surface area (Å²) in [4.78, 5) is 25.0. The number of aryl methyl sites for hydroxylation is 1. The minimum Gasteiger partial charge on any atom is -0.477 e. The van der Waals surface area contributed by atoms with Gasteiger partial charge >= 0.3 is 5.97 Å². The lowest BCUT2D eigenvalue weighted by Gasteiger charge is -2.19. The second-order valence-electron chi connectivity index (χ2n) is 11.3. The van der Waals surface area contributed by atoms with Crippen LogP contribution in [0.4, 0.5) is 0 Å². The summed E-state index contributed by atoms with van der Waals surface area (Å²) in [6.07, 6.45) is 0. The van der Waals surface area contributed by atoms with Crippen molar-refractivity contribution < 1.29 is 14.7 Å². The molecule has 0 aliphatic heterocycles. The molecular weight excluding hydrogens is 496 g/mol. The summed E-state index contributed by atoms with van der Waals surface area (Å²) in [5.74, 6) is -1.10. The molecule has 5 aromatic rings. The maximum Gasteiger partial charge on any atom is 0.353 e. The molecule has 0 atom stereocenters. The van der Waals surface area contributed by atoms with E-state index in [1.54, 1.807) is 13.1 Å². The van der Waals surface area contributed by atoms with Crippen molar-refractivity contribution in [2.75, 3.05) is 7.05 Å². The summed E-state index contributed by atoms with van der Waals surface area (Å²) in [7, 11) is 1.62. The van der Waals surface area contributed by atoms with Gasteiger partial charge < -0.3 is 15.0 Å². The minimum atomic E-state index is -0.960. The molecular formula is C35H34N2O3. The second kappa shape index (κ2) is 10.5. The van der Waals surface area contributed by atoms with Crippen LogP contribution in [0.1, 0.15) is 58.3 Å². The van der Waals surface area contributed by atoms with Crippen molar-refractivity contribution in [2.45, 2.75) is 39.7 Å². The number of rotatable bonds is 6. The number of carbonyl (C=O) groups is 2. The van der Waals surface area contributed by atoms with Crippen LogP contribution in [-0.4, -0.2) is 28.6 Å². The average molecular weight is 531 g/mol. The summed E-state index contributed by atoms with van der Waals surface area (Å²) in [5.41, 5.74) is 8.54. The first-order chi connectivity index (χ1) is 19.1. The molecule has 0 aliphatic rings. The number of aromatic nitrogens is 1. The molecule has 0 bridgehead atoms. The highest BCUT2D eigenvalue weighted by Crippen LogP contribution is 2.37. The molecule has 2 N–H and O–H groups in total. The van der Waals surface area contributed by atoms with Crippen molar-refractivity contribution in [3.8, 4) is 22.3 Å². The van der Waals surface area contributed by atoms with Crippen LogP contribution in [0.3, 0.4) is 0 Å². The number of hydrogen-bond donors (Lipinski definition) is 2. The van der Waals surface area contributed by atoms with Crippen molar-refractivity contribution in [1.82, 2.24) is 9.88 Å². The number of para-hydroxylation sites is 1. The van der Waals surface area contributed by atoms with E-state index in [2.05, 4.69) is 50.4 Å². The zero-order chi connectivity index (χ0) is 28.6. The van der Waals surface area contributed by atoms with E-state index in [0.717, 1.165) is 44.3 Å². The Kier molecular flexibility index (Phi) is 7.07. The SMILES string of the molecule is CNC(=O)c1cccc(-c2ccc(C)c(Cn3c(C(=O)O)c(-c4ccc(C(C)(C)C)cc4)c4ccccc43)c2)c1. The molecule has 1 aromatic heterocycles. The zero-order valence-corrected chi connectivity index (χ0v) is 23.6. The highest BCUT2D eigenvalue weighted by molar-refractivity contribution is 6.08. The first-order valence-corrected chi connectivity index (χ1v) is 13.5. The molecule has 5 rings (SSSR count). The molecule has 0 saturated carbocycles. The van der Waals surface area contributed by atoms with Crippen LogP contribution in [0, 0.1) is 6.92 Å². The largest absolute Gasteiger partial charge is 0.477 e. The Hall–Kier alpha value is -4.64. The molecule has 4 aromatic carbocycles. The Bertz CT molecular complexity index is 1740. The highest BCUT2D eigenvalue weighted by atomic mass is 16.4. The third-order valence-electron chi connectivity index (χ3n) is 7.58. The third kappa shape index (κ3) is 5.03. The fourth-order valence-electron chi connectivity index (χ4n) is 5.30. The van der Waals surface area contributed by atoms with Crippen molar-refractivity contribution in [1.29, 1.82) is 0 Å². The van der Waals surface area contributed by atoms with E-state index in [9.17, 15) is 14.7 Å². The molecule has 0 radical (unpaired) electrons. The van der Waals surface area contributed by atoms with Crippen LogP contribution in [0.5, 0.6) is 0 Å². The van der Waals surface area contributed by atoms with E-state index in [0.29, 0.717) is 12.1 Å². The summed E-state index contributed by atoms with van der Waals surface area (Å²) in [6.45, 7) is 8.95. The maximum atomic E-state index is 12.8. The minimum absolute atomic E-state index is 0.00452. The van der Waals surface area contributed by atoms with Gasteiger partial charge in [0.15, 0.2) is 0 Å². The molecule has 40 heavy (non-hydrogen) atoms. The second-order valence-corrected chi connectivity index (χ2v) is 11.3. The van der Waals surface area contributed by atoms with Gasteiger partial charge in [0, 0.05) is 35.6 Å². The van der Waals surface area contributed by atoms with Crippen LogP contribution in [0.15, 0.2) is 91.0 Å². The smallest absolute Gasteiger partial charge is 0.353 e. The van der Waals surface area contributed by atoms with Crippen LogP contribution in [0.2, 0.25) is 0 Å². The molecule has 5 heteroatoms. The van der Waals surface area contributed by atoms with Gasteiger partial charge in [-0.25, -0.2) is 4.79 Å². The molecule has 5 nitrogen and oxygen atoms in total. The van der Waals surface area contributed by atoms with Gasteiger partial charge in [0.25, 0.3) is 5.91 Å². The van der Waals surface area contributed by atoms with Gasteiger partial charge in [-0.15, -0.1) is 0 Å². The fourth-order valence-corrected chi connectivity index (χ4v) is 5.30. The lowest BCUT2D eigenvalue weighted by molar-refractivity contribution is 0.0687. The standard InChI is InChI=1S/C35H34N2O3/c1-22-13-14-25(24-9-8-10-26(19-24)33(38)36-5)20-27(22)21-37-30-12-7-6-11-29(30)31(32(37)34(39)40)23-15-17-28(18-16-23)35(2,3)4/h6-20H,21H2,1-5H3,(H,36,38)(H,39,40). The number of nitrogens with one attached hydrogen (secondary N) is 1. The van der Waals surface area contributed by atoms with Crippen molar-refractivity contribution in [3.05, 3.63) is 119 Å². The number of amides is 1. The number of carboxylic acids is 1. The number of benzene rings is 4. The van der Waals surface area contributed by atoms with E-state index >= 15 is 0 Å². The Balaban J connectivity index is 1.64. The van der Waals surface area contributed by atoms with Gasteiger partial charge in [-0.1, -0.05) is 87.5 Å². The highest BCUT2D eigenvalue weighted by Gasteiger charge is 2.24. The Labute approximate surface area is 235 Å². The van der Waals surface area contributed by atoms with Crippen LogP contribution in [0.25, 0.3) is 33.2 Å². The first-order valence-electron chi connectivity index (χ1n) is 13.5. The molecule has 0 unspecified atom stereocenters. The number of nitrogens with zero attached hydrogens (tertiary/aromatic N) is 1. The third-order valence-corrected chi connectivity index (χ3v) is 7.58. The predicted molar refractivity (Wildman–Crippen MR) is 162 cm³/mol. The fraction of sp³-hybridized carbons (Fsp3) is 0.200. The van der Waals surface area contributed by atoms with Crippen LogP contribution < -0.4 is 5.32 Å². The lowest BCUT2D eigenvalue weighted by atomic mass is 9.86. The average Bonchev–Trinajstić information content (AvgIpc) is 3.27. The summed E-state index contributed by atoms with van der Waals surface area (Å²) in [5, 5.41) is 14.1. The molecule has 0 saturated heterocycles. The van der Waals surface area contributed by atoms with Crippen LogP contribution >= 0.6 is 0 Å². The van der Waals surface area contributed by atoms with Crippen molar-refractivity contribution in [2.24, 2.45) is 0 Å². The number of hydrogen-bond acceptors (Lipinski definition) is 2. The number of aromatic carboxylic acids is 1. The van der Waals surface area contributed by atoms with E-state index in [1.807, 2.05) is 72.2 Å². The summed E-state index contributed by atoms with van der Waals surface area (Å²) < 4.78 is 1.91. The summed E-state index contributed by atoms with van der Waals surface area (Å²) in [6, 6.07) is 29.8. The Morgan fingerprint density at radius 1 is 0.825 bits per heavy atom. The molecule has 1 heterocycles. The molecule has 0 spiro atoms. The molecule has 0 fully saturated rings. The normalized spacial score (nSPS) is 11.5. The molecule has 202 valence electrons. The lowest BCUT2D eigenvalue weighted by Crippen LogP contribution is -2.17. The van der Waals surface area contributed by atoms with Gasteiger partial charge in [-0.2, -0.15) is 0 Å². The number of carboxylic acid groups (broad SMARTS) is 1. The van der Waals surface area contributed by atoms with Gasteiger partial charge in [-0.3, -0.25) is 4.79 Å². The number of carbonyl (C=O) groups excluding carboxylic acids is 1. The topological polar surface area (TPSA) is 71.3 Å². The Morgan fingerprint density at radius 2 is 1.50 bits per heavy atom. The number of fused-ring (bicyclic) bond motifs is 1. The summed E-state index contributed by atoms with van der Waals surface area (Å²) >= 11 is 0. The molecule has 1 amide bonds. The van der Waals surface area contributed by atoms with E-state index < -0.39 is 5.97 Å². The predicted octanol–water partition coefficient (Wildman–Crippen LogP) is 7.69. The van der Waals surface area contributed by atoms with E-state index in [-0.39, 0.29) is 17.0 Å². The maximum absolute atomic E-state index is 12.8. The van der Waals surface area contributed by atoms with Crippen molar-refractivity contribution >= 4 is 22.8 Å². The van der Waals surface area contributed by atoms with Gasteiger partial charge in [0.1, 0.15) is 5.69 Å². The first kappa shape index (κ1) is 26.9. The van der Waals surface area contributed by atoms with Gasteiger partial charge in [0.05, 0.1) is 0 Å². The Morgan fingerprint density at radius 3 is 2.17 bits per heavy atom. The monoisotopic (exact) mass is 530 g/mol. The zero-order valence-electron chi connectivity index (χ0n) is 23.6. The van der Waals surface area contributed by atoms with Crippen LogP contribution in [-0.2, 0) is 12.0 Å². The van der Waals surface area contributed by atoms with Crippen molar-refractivity contribution in [3.63, 3.8) is 0 Å². The van der Waals surface area contributed by atoms with E-state index in [1.165, 1.54) is 5.56 Å². The molecule has 0 aliphatic carbocycles. The van der Waals surface area contributed by atoms with Gasteiger partial charge in [0.2, 0.25) is 0 Å². The van der Waals surface area contributed by atoms with E-state index in [4.69, 9.17) is 0 Å². The van der Waals surface area contributed by atoms with Gasteiger partial charge in [-0.05, 0) is 70.0 Å².